The molecule has 12 heteroatoms. The second-order valence-electron chi connectivity index (χ2n) is 7.45. The number of hydrogen-bond acceptors (Lipinski definition) is 8. The lowest BCUT2D eigenvalue weighted by atomic mass is 10.2. The molecule has 1 N–H and O–H groups in total. The third kappa shape index (κ3) is 6.14. The molecule has 1 saturated heterocycles. The highest BCUT2D eigenvalue weighted by molar-refractivity contribution is 7.89. The van der Waals surface area contributed by atoms with Crippen molar-refractivity contribution in [2.24, 2.45) is 5.10 Å². The molecule has 0 unspecified atom stereocenters. The highest BCUT2D eigenvalue weighted by atomic mass is 35.5. The van der Waals surface area contributed by atoms with Crippen LogP contribution in [0, 0.1) is 10.1 Å². The van der Waals surface area contributed by atoms with Crippen LogP contribution >= 0.6 is 11.6 Å². The van der Waals surface area contributed by atoms with Crippen LogP contribution in [-0.4, -0.2) is 50.2 Å². The van der Waals surface area contributed by atoms with E-state index in [4.69, 9.17) is 21.1 Å². The summed E-state index contributed by atoms with van der Waals surface area (Å²) < 4.78 is 37.9. The molecule has 10 nitrogen and oxygen atoms in total. The average molecular weight is 517 g/mol. The monoisotopic (exact) mass is 516 g/mol. The van der Waals surface area contributed by atoms with Crippen molar-refractivity contribution in [1.29, 1.82) is 0 Å². The highest BCUT2D eigenvalue weighted by Gasteiger charge is 2.28. The molecule has 1 aliphatic rings. The van der Waals surface area contributed by atoms with Crippen molar-refractivity contribution in [2.45, 2.75) is 4.90 Å². The van der Waals surface area contributed by atoms with Crippen LogP contribution in [0.5, 0.6) is 11.5 Å². The summed E-state index contributed by atoms with van der Waals surface area (Å²) in [4.78, 5) is 10.8. The Morgan fingerprint density at radius 2 is 1.80 bits per heavy atom. The summed E-state index contributed by atoms with van der Waals surface area (Å²) in [5, 5.41) is 16.3. The van der Waals surface area contributed by atoms with Gasteiger partial charge in [-0.05, 0) is 54.1 Å². The summed E-state index contributed by atoms with van der Waals surface area (Å²) >= 11 is 5.89. The van der Waals surface area contributed by atoms with Gasteiger partial charge in [0.05, 0.1) is 29.2 Å². The minimum Gasteiger partial charge on any atom is -0.457 e. The summed E-state index contributed by atoms with van der Waals surface area (Å²) in [6, 6.07) is 17.7. The summed E-state index contributed by atoms with van der Waals surface area (Å²) in [6.45, 7) is 0.950. The number of nitrogens with one attached hydrogen (secondary N) is 1. The maximum Gasteiger partial charge on any atom is 0.295 e. The highest BCUT2D eigenvalue weighted by Crippen LogP contribution is 2.29. The van der Waals surface area contributed by atoms with Gasteiger partial charge in [0.15, 0.2) is 0 Å². The average Bonchev–Trinajstić information content (AvgIpc) is 2.86. The van der Waals surface area contributed by atoms with Crippen molar-refractivity contribution < 1.29 is 22.8 Å². The number of morpholine rings is 1. The van der Waals surface area contributed by atoms with E-state index in [9.17, 15) is 18.5 Å². The van der Waals surface area contributed by atoms with Crippen molar-refractivity contribution in [3.05, 3.63) is 87.4 Å². The van der Waals surface area contributed by atoms with Crippen LogP contribution in [0.3, 0.4) is 0 Å². The molecule has 1 fully saturated rings. The molecule has 0 aromatic heterocycles. The van der Waals surface area contributed by atoms with Gasteiger partial charge in [0.25, 0.3) is 5.69 Å². The quantitative estimate of drug-likeness (QED) is 0.265. The molecule has 0 bridgehead atoms. The lowest BCUT2D eigenvalue weighted by molar-refractivity contribution is -0.384. The maximum absolute atomic E-state index is 12.8. The Labute approximate surface area is 206 Å². The molecule has 0 amide bonds. The first-order valence-electron chi connectivity index (χ1n) is 10.5. The summed E-state index contributed by atoms with van der Waals surface area (Å²) in [7, 11) is -3.87. The number of anilines is 1. The Kier molecular flexibility index (Phi) is 7.61. The standard InChI is InChI=1S/C23H21ClN4O6S/c24-18-4-6-19(7-5-18)34-20-3-1-2-17(14-20)16-25-26-22-9-8-21(15-23(22)28(29)30)35(31,32)27-10-12-33-13-11-27/h1-9,14-16,26H,10-13H2/b25-16-. The number of hydrazone groups is 1. The van der Waals surface area contributed by atoms with Gasteiger partial charge in [0, 0.05) is 24.2 Å². The Balaban J connectivity index is 1.49. The first kappa shape index (κ1) is 24.6. The molecule has 4 rings (SSSR count). The molecular formula is C23H21ClN4O6S. The van der Waals surface area contributed by atoms with Gasteiger partial charge in [-0.2, -0.15) is 9.41 Å². The number of nitro groups is 1. The topological polar surface area (TPSA) is 123 Å². The van der Waals surface area contributed by atoms with Crippen LogP contribution in [0.15, 0.2) is 76.7 Å². The number of halogens is 1. The first-order chi connectivity index (χ1) is 16.8. The number of hydrogen-bond donors (Lipinski definition) is 1. The zero-order chi connectivity index (χ0) is 24.8. The van der Waals surface area contributed by atoms with Crippen molar-refractivity contribution in [2.75, 3.05) is 31.7 Å². The summed E-state index contributed by atoms with van der Waals surface area (Å²) in [5.41, 5.74) is 2.95. The predicted molar refractivity (Wildman–Crippen MR) is 132 cm³/mol. The van der Waals surface area contributed by atoms with Gasteiger partial charge in [0.2, 0.25) is 10.0 Å². The minimum absolute atomic E-state index is 0.0562. The van der Waals surface area contributed by atoms with Crippen LogP contribution < -0.4 is 10.2 Å². The second-order valence-corrected chi connectivity index (χ2v) is 9.83. The number of benzene rings is 3. The van der Waals surface area contributed by atoms with E-state index < -0.39 is 20.6 Å². The van der Waals surface area contributed by atoms with Crippen LogP contribution in [0.4, 0.5) is 11.4 Å². The minimum atomic E-state index is -3.87. The van der Waals surface area contributed by atoms with Gasteiger partial charge >= 0.3 is 0 Å². The molecule has 3 aromatic rings. The molecule has 0 saturated carbocycles. The molecule has 1 aliphatic heterocycles. The molecule has 0 atom stereocenters. The van der Waals surface area contributed by atoms with Gasteiger partial charge in [-0.25, -0.2) is 8.42 Å². The van der Waals surface area contributed by atoms with Crippen molar-refractivity contribution in [3.8, 4) is 11.5 Å². The maximum atomic E-state index is 12.8. The molecule has 0 spiro atoms. The first-order valence-corrected chi connectivity index (χ1v) is 12.3. The lowest BCUT2D eigenvalue weighted by Crippen LogP contribution is -2.40. The fourth-order valence-corrected chi connectivity index (χ4v) is 4.88. The van der Waals surface area contributed by atoms with E-state index in [2.05, 4.69) is 10.5 Å². The fourth-order valence-electron chi connectivity index (χ4n) is 3.33. The zero-order valence-electron chi connectivity index (χ0n) is 18.3. The normalized spacial score (nSPS) is 14.7. The number of sulfonamides is 1. The van der Waals surface area contributed by atoms with E-state index in [0.29, 0.717) is 22.1 Å². The molecule has 35 heavy (non-hydrogen) atoms. The Bertz CT molecular complexity index is 1340. The third-order valence-corrected chi connectivity index (χ3v) is 7.23. The number of ether oxygens (including phenoxy) is 2. The number of rotatable bonds is 8. The second kappa shape index (κ2) is 10.8. The fraction of sp³-hybridized carbons (Fsp3) is 0.174. The van der Waals surface area contributed by atoms with E-state index in [1.165, 1.54) is 22.7 Å². The van der Waals surface area contributed by atoms with Crippen molar-refractivity contribution in [1.82, 2.24) is 4.31 Å². The Hall–Kier alpha value is -3.51. The van der Waals surface area contributed by atoms with E-state index in [-0.39, 0.29) is 36.9 Å². The molecule has 1 heterocycles. The van der Waals surface area contributed by atoms with Gasteiger partial charge in [0.1, 0.15) is 17.2 Å². The Morgan fingerprint density at radius 3 is 2.51 bits per heavy atom. The van der Waals surface area contributed by atoms with Gasteiger partial charge < -0.3 is 9.47 Å². The SMILES string of the molecule is O=[N+]([O-])c1cc(S(=O)(=O)N2CCOCC2)ccc1N/N=C\c1cccc(Oc2ccc(Cl)cc2)c1. The van der Waals surface area contributed by atoms with E-state index >= 15 is 0 Å². The summed E-state index contributed by atoms with van der Waals surface area (Å²) in [6.07, 6.45) is 1.47. The predicted octanol–water partition coefficient (Wildman–Crippen LogP) is 4.51. The number of nitro benzene ring substituents is 1. The molecule has 3 aromatic carbocycles. The Morgan fingerprint density at radius 1 is 1.06 bits per heavy atom. The van der Waals surface area contributed by atoms with E-state index in [0.717, 1.165) is 6.07 Å². The molecule has 182 valence electrons. The van der Waals surface area contributed by atoms with Gasteiger partial charge in [-0.1, -0.05) is 23.7 Å². The molecule has 0 radical (unpaired) electrons. The molecule has 0 aliphatic carbocycles. The third-order valence-electron chi connectivity index (χ3n) is 5.08. The van der Waals surface area contributed by atoms with Crippen LogP contribution in [0.1, 0.15) is 5.56 Å². The van der Waals surface area contributed by atoms with Crippen LogP contribution in [0.2, 0.25) is 5.02 Å². The number of nitrogens with zero attached hydrogens (tertiary/aromatic N) is 3. The lowest BCUT2D eigenvalue weighted by Gasteiger charge is -2.26. The van der Waals surface area contributed by atoms with Crippen LogP contribution in [0.25, 0.3) is 0 Å². The summed E-state index contributed by atoms with van der Waals surface area (Å²) in [5.74, 6) is 1.18. The van der Waals surface area contributed by atoms with Crippen LogP contribution in [-0.2, 0) is 14.8 Å². The van der Waals surface area contributed by atoms with Crippen molar-refractivity contribution in [3.63, 3.8) is 0 Å². The largest absolute Gasteiger partial charge is 0.457 e. The van der Waals surface area contributed by atoms with E-state index in [1.54, 1.807) is 48.5 Å². The van der Waals surface area contributed by atoms with Gasteiger partial charge in [-0.3, -0.25) is 15.5 Å². The zero-order valence-corrected chi connectivity index (χ0v) is 19.9. The smallest absolute Gasteiger partial charge is 0.295 e. The van der Waals surface area contributed by atoms with Gasteiger partial charge in [-0.15, -0.1) is 0 Å². The van der Waals surface area contributed by atoms with Crippen molar-refractivity contribution >= 4 is 39.2 Å². The molecular weight excluding hydrogens is 496 g/mol. The van der Waals surface area contributed by atoms with E-state index in [1.807, 2.05) is 0 Å².